The summed E-state index contributed by atoms with van der Waals surface area (Å²) >= 11 is 0. The number of hydrogen-bond acceptors (Lipinski definition) is 10. The zero-order valence-corrected chi connectivity index (χ0v) is 22.1. The Kier molecular flexibility index (Phi) is 7.62. The molecule has 2 aromatic carbocycles. The molecule has 0 saturated carbocycles. The fraction of sp³-hybridized carbons (Fsp3) is 0.500. The van der Waals surface area contributed by atoms with E-state index in [9.17, 15) is 16.8 Å². The summed E-state index contributed by atoms with van der Waals surface area (Å²) in [5.74, 6) is -0.990. The standard InChI is InChI=1S/C24H30O10S2/c1-23(2)32-20-21(29-14-17-10-12-19(13-11-17)18-8-6-5-7-9-18)24(34-22(20)33-23,15-30-35(3,25)26)16-31-36(4,27)28/h5-13,20-22H,14-16H2,1-4H3/t20-,21+,22+/m1/s1. The molecule has 0 aromatic heterocycles. The maximum atomic E-state index is 11.8. The third-order valence-electron chi connectivity index (χ3n) is 5.78. The van der Waals surface area contributed by atoms with Gasteiger partial charge in [0.2, 0.25) is 0 Å². The van der Waals surface area contributed by atoms with Crippen LogP contribution in [0.1, 0.15) is 19.4 Å². The van der Waals surface area contributed by atoms with Crippen LogP contribution in [0.3, 0.4) is 0 Å². The monoisotopic (exact) mass is 542 g/mol. The van der Waals surface area contributed by atoms with E-state index < -0.39 is 63.3 Å². The molecule has 0 amide bonds. The first-order valence-corrected chi connectivity index (χ1v) is 14.9. The van der Waals surface area contributed by atoms with E-state index in [1.165, 1.54) is 0 Å². The van der Waals surface area contributed by atoms with Crippen molar-refractivity contribution in [2.75, 3.05) is 25.7 Å². The van der Waals surface area contributed by atoms with Gasteiger partial charge in [-0.25, -0.2) is 0 Å². The lowest BCUT2D eigenvalue weighted by Gasteiger charge is -2.35. The Morgan fingerprint density at radius 1 is 0.778 bits per heavy atom. The smallest absolute Gasteiger partial charge is 0.264 e. The Bertz CT molecular complexity index is 1220. The molecular formula is C24H30O10S2. The van der Waals surface area contributed by atoms with Gasteiger partial charge in [0.1, 0.15) is 31.0 Å². The Morgan fingerprint density at radius 2 is 1.33 bits per heavy atom. The highest BCUT2D eigenvalue weighted by Crippen LogP contribution is 2.44. The maximum absolute atomic E-state index is 11.8. The van der Waals surface area contributed by atoms with Crippen molar-refractivity contribution >= 4 is 20.2 Å². The van der Waals surface area contributed by atoms with Crippen molar-refractivity contribution in [1.29, 1.82) is 0 Å². The summed E-state index contributed by atoms with van der Waals surface area (Å²) in [7, 11) is -7.79. The molecule has 198 valence electrons. The number of benzene rings is 2. The number of rotatable bonds is 10. The van der Waals surface area contributed by atoms with Crippen LogP contribution in [0.15, 0.2) is 54.6 Å². The predicted octanol–water partition coefficient (Wildman–Crippen LogP) is 2.44. The van der Waals surface area contributed by atoms with Crippen LogP contribution < -0.4 is 0 Å². The lowest BCUT2D eigenvalue weighted by Crippen LogP contribution is -2.53. The third kappa shape index (κ3) is 6.69. The van der Waals surface area contributed by atoms with Gasteiger partial charge in [-0.2, -0.15) is 16.8 Å². The minimum atomic E-state index is -3.89. The minimum Gasteiger partial charge on any atom is -0.367 e. The van der Waals surface area contributed by atoms with Crippen LogP contribution in [-0.4, -0.2) is 72.4 Å². The number of hydrogen-bond donors (Lipinski definition) is 0. The van der Waals surface area contributed by atoms with Gasteiger partial charge in [0.15, 0.2) is 12.1 Å². The third-order valence-corrected chi connectivity index (χ3v) is 6.87. The summed E-state index contributed by atoms with van der Waals surface area (Å²) in [5.41, 5.74) is 1.31. The minimum absolute atomic E-state index is 0.107. The first kappa shape index (κ1) is 27.1. The summed E-state index contributed by atoms with van der Waals surface area (Å²) < 4.78 is 81.2. The van der Waals surface area contributed by atoms with Gasteiger partial charge < -0.3 is 18.9 Å². The van der Waals surface area contributed by atoms with Gasteiger partial charge in [0.05, 0.1) is 19.1 Å². The summed E-state index contributed by atoms with van der Waals surface area (Å²) in [6, 6.07) is 17.7. The lowest BCUT2D eigenvalue weighted by molar-refractivity contribution is -0.254. The second kappa shape index (κ2) is 10.1. The van der Waals surface area contributed by atoms with Crippen LogP contribution in [0.5, 0.6) is 0 Å². The Hall–Kier alpha value is -1.90. The molecular weight excluding hydrogens is 512 g/mol. The molecule has 2 aliphatic rings. The summed E-state index contributed by atoms with van der Waals surface area (Å²) in [4.78, 5) is 0. The molecule has 0 N–H and O–H groups in total. The molecule has 36 heavy (non-hydrogen) atoms. The average Bonchev–Trinajstić information content (AvgIpc) is 3.23. The second-order valence-corrected chi connectivity index (χ2v) is 12.7. The van der Waals surface area contributed by atoms with Crippen LogP contribution in [0.4, 0.5) is 0 Å². The van der Waals surface area contributed by atoms with Crippen LogP contribution in [0.25, 0.3) is 11.1 Å². The highest BCUT2D eigenvalue weighted by Gasteiger charge is 2.63. The van der Waals surface area contributed by atoms with E-state index in [1.807, 2.05) is 54.6 Å². The van der Waals surface area contributed by atoms with Gasteiger partial charge in [-0.1, -0.05) is 54.6 Å². The highest BCUT2D eigenvalue weighted by atomic mass is 32.2. The van der Waals surface area contributed by atoms with Crippen LogP contribution in [0.2, 0.25) is 0 Å². The summed E-state index contributed by atoms with van der Waals surface area (Å²) in [6.45, 7) is 2.40. The first-order chi connectivity index (χ1) is 16.8. The molecule has 2 aromatic rings. The van der Waals surface area contributed by atoms with Crippen LogP contribution in [0, 0.1) is 0 Å². The topological polar surface area (TPSA) is 124 Å². The van der Waals surface area contributed by atoms with Crippen molar-refractivity contribution < 1.29 is 44.1 Å². The van der Waals surface area contributed by atoms with Gasteiger partial charge in [-0.05, 0) is 30.5 Å². The van der Waals surface area contributed by atoms with Gasteiger partial charge >= 0.3 is 0 Å². The van der Waals surface area contributed by atoms with E-state index in [4.69, 9.17) is 27.3 Å². The average molecular weight is 543 g/mol. The fourth-order valence-corrected chi connectivity index (χ4v) is 5.02. The molecule has 4 rings (SSSR count). The zero-order valence-electron chi connectivity index (χ0n) is 20.4. The van der Waals surface area contributed by atoms with E-state index in [2.05, 4.69) is 0 Å². The van der Waals surface area contributed by atoms with Crippen molar-refractivity contribution in [3.05, 3.63) is 60.2 Å². The summed E-state index contributed by atoms with van der Waals surface area (Å²) in [6.07, 6.45) is -0.934. The van der Waals surface area contributed by atoms with Crippen molar-refractivity contribution in [3.63, 3.8) is 0 Å². The Morgan fingerprint density at radius 3 is 1.89 bits per heavy atom. The zero-order chi connectivity index (χ0) is 26.2. The van der Waals surface area contributed by atoms with Gasteiger partial charge in [0, 0.05) is 0 Å². The van der Waals surface area contributed by atoms with Gasteiger partial charge in [0.25, 0.3) is 20.2 Å². The number of ether oxygens (including phenoxy) is 4. The molecule has 3 atom stereocenters. The maximum Gasteiger partial charge on any atom is 0.264 e. The first-order valence-electron chi connectivity index (χ1n) is 11.2. The molecule has 2 fully saturated rings. The van der Waals surface area contributed by atoms with Gasteiger partial charge in [-0.3, -0.25) is 8.37 Å². The largest absolute Gasteiger partial charge is 0.367 e. The molecule has 10 nitrogen and oxygen atoms in total. The molecule has 2 saturated heterocycles. The quantitative estimate of drug-likeness (QED) is 0.414. The molecule has 12 heteroatoms. The van der Waals surface area contributed by atoms with Crippen molar-refractivity contribution in [2.45, 2.75) is 50.3 Å². The lowest BCUT2D eigenvalue weighted by atomic mass is 9.96. The molecule has 0 aliphatic carbocycles. The number of fused-ring (bicyclic) bond motifs is 1. The Labute approximate surface area is 211 Å². The molecule has 0 unspecified atom stereocenters. The molecule has 2 heterocycles. The van der Waals surface area contributed by atoms with E-state index in [-0.39, 0.29) is 6.61 Å². The van der Waals surface area contributed by atoms with Crippen molar-refractivity contribution in [1.82, 2.24) is 0 Å². The molecule has 0 spiro atoms. The molecule has 2 aliphatic heterocycles. The van der Waals surface area contributed by atoms with Crippen LogP contribution in [-0.2, 0) is 54.2 Å². The molecule has 0 bridgehead atoms. The highest BCUT2D eigenvalue weighted by molar-refractivity contribution is 7.86. The van der Waals surface area contributed by atoms with E-state index in [1.54, 1.807) is 13.8 Å². The van der Waals surface area contributed by atoms with E-state index in [0.717, 1.165) is 29.2 Å². The van der Waals surface area contributed by atoms with Crippen molar-refractivity contribution in [3.8, 4) is 11.1 Å². The van der Waals surface area contributed by atoms with E-state index >= 15 is 0 Å². The SMILES string of the molecule is CC1(C)O[C@H]2OC(COS(C)(=O)=O)(COS(C)(=O)=O)[C@@H](OCc3ccc(-c4ccccc4)cc3)[C@H]2O1. The van der Waals surface area contributed by atoms with Gasteiger partial charge in [-0.15, -0.1) is 0 Å². The summed E-state index contributed by atoms with van der Waals surface area (Å²) in [5, 5.41) is 0. The fourth-order valence-electron chi connectivity index (χ4n) is 4.20. The Balaban J connectivity index is 1.58. The normalized spacial score (nSPS) is 25.1. The van der Waals surface area contributed by atoms with Crippen molar-refractivity contribution in [2.24, 2.45) is 0 Å². The second-order valence-electron chi connectivity index (χ2n) is 9.38. The molecule has 0 radical (unpaired) electrons. The van der Waals surface area contributed by atoms with E-state index in [0.29, 0.717) is 0 Å². The van der Waals surface area contributed by atoms with Crippen LogP contribution >= 0.6 is 0 Å². The predicted molar refractivity (Wildman–Crippen MR) is 130 cm³/mol.